The van der Waals surface area contributed by atoms with Crippen molar-refractivity contribution in [3.63, 3.8) is 0 Å². The highest BCUT2D eigenvalue weighted by atomic mass is 32.2. The minimum atomic E-state index is -0.985. The summed E-state index contributed by atoms with van der Waals surface area (Å²) in [5.41, 5.74) is 0.0780. The Kier molecular flexibility index (Phi) is 4.11. The summed E-state index contributed by atoms with van der Waals surface area (Å²) in [6.45, 7) is 0. The van der Waals surface area contributed by atoms with Gasteiger partial charge in [0.2, 0.25) is 0 Å². The summed E-state index contributed by atoms with van der Waals surface area (Å²) in [6.07, 6.45) is 7.69. The Morgan fingerprint density at radius 1 is 1.33 bits per heavy atom. The maximum atomic E-state index is 11.8. The van der Waals surface area contributed by atoms with Gasteiger partial charge in [0.05, 0.1) is 5.56 Å². The lowest BCUT2D eigenvalue weighted by Crippen LogP contribution is -2.28. The molecule has 1 N–H and O–H groups in total. The van der Waals surface area contributed by atoms with Crippen LogP contribution >= 0.6 is 11.8 Å². The van der Waals surface area contributed by atoms with Crippen molar-refractivity contribution in [2.75, 3.05) is 6.26 Å². The zero-order valence-corrected chi connectivity index (χ0v) is 11.2. The third kappa shape index (κ3) is 2.77. The van der Waals surface area contributed by atoms with Crippen LogP contribution in [0.1, 0.15) is 42.1 Å². The summed E-state index contributed by atoms with van der Waals surface area (Å²) < 4.78 is 1.60. The Morgan fingerprint density at radius 2 is 2.00 bits per heavy atom. The van der Waals surface area contributed by atoms with E-state index in [1.54, 1.807) is 4.57 Å². The van der Waals surface area contributed by atoms with E-state index >= 15 is 0 Å². The Morgan fingerprint density at radius 3 is 2.56 bits per heavy atom. The maximum Gasteiger partial charge on any atom is 0.337 e. The van der Waals surface area contributed by atoms with E-state index in [0.717, 1.165) is 25.7 Å². The average molecular weight is 267 g/mol. The second kappa shape index (κ2) is 5.61. The van der Waals surface area contributed by atoms with E-state index in [1.807, 2.05) is 11.8 Å². The smallest absolute Gasteiger partial charge is 0.337 e. The van der Waals surface area contributed by atoms with Gasteiger partial charge in [-0.25, -0.2) is 4.79 Å². The van der Waals surface area contributed by atoms with Crippen LogP contribution in [-0.4, -0.2) is 27.1 Å². The number of nitrogens with zero attached hydrogens (tertiary/aromatic N) is 1. The zero-order chi connectivity index (χ0) is 13.1. The number of carbonyl (C=O) groups is 1. The molecule has 0 spiro atoms. The molecule has 0 radical (unpaired) electrons. The molecule has 4 nitrogen and oxygen atoms in total. The molecule has 0 atom stereocenters. The molecular formula is C13H17NO3S. The molecule has 1 aliphatic carbocycles. The van der Waals surface area contributed by atoms with Gasteiger partial charge >= 0.3 is 5.97 Å². The van der Waals surface area contributed by atoms with Crippen LogP contribution in [0.5, 0.6) is 0 Å². The molecule has 0 aromatic carbocycles. The maximum absolute atomic E-state index is 11.8. The summed E-state index contributed by atoms with van der Waals surface area (Å²) in [5, 5.41) is 9.64. The standard InChI is InChI=1S/C13H17NO3S/c1-18-11-5-3-10(4-6-11)14-8-9(13(16)17)2-7-12(14)15/h2,7-8,10-11H,3-6H2,1H3,(H,16,17). The highest BCUT2D eigenvalue weighted by molar-refractivity contribution is 7.99. The van der Waals surface area contributed by atoms with Crippen molar-refractivity contribution in [2.24, 2.45) is 0 Å². The van der Waals surface area contributed by atoms with E-state index in [2.05, 4.69) is 6.26 Å². The van der Waals surface area contributed by atoms with Crippen molar-refractivity contribution in [1.82, 2.24) is 4.57 Å². The fourth-order valence-electron chi connectivity index (χ4n) is 2.47. The molecule has 1 aromatic heterocycles. The van der Waals surface area contributed by atoms with Crippen LogP contribution in [-0.2, 0) is 0 Å². The monoisotopic (exact) mass is 267 g/mol. The van der Waals surface area contributed by atoms with E-state index in [-0.39, 0.29) is 17.2 Å². The number of pyridine rings is 1. The summed E-state index contributed by atoms with van der Waals surface area (Å²) in [7, 11) is 0. The van der Waals surface area contributed by atoms with Gasteiger partial charge in [-0.15, -0.1) is 0 Å². The Labute approximate surface area is 110 Å². The topological polar surface area (TPSA) is 59.3 Å². The first-order valence-electron chi connectivity index (χ1n) is 6.10. The van der Waals surface area contributed by atoms with Gasteiger partial charge < -0.3 is 9.67 Å². The van der Waals surface area contributed by atoms with Crippen molar-refractivity contribution >= 4 is 17.7 Å². The van der Waals surface area contributed by atoms with Crippen molar-refractivity contribution in [3.05, 3.63) is 34.2 Å². The molecule has 18 heavy (non-hydrogen) atoms. The molecule has 1 fully saturated rings. The SMILES string of the molecule is CSC1CCC(n2cc(C(=O)O)ccc2=O)CC1. The predicted octanol–water partition coefficient (Wildman–Crippen LogP) is 2.39. The van der Waals surface area contributed by atoms with E-state index in [9.17, 15) is 9.59 Å². The number of hydrogen-bond donors (Lipinski definition) is 1. The summed E-state index contributed by atoms with van der Waals surface area (Å²) in [5.74, 6) is -0.985. The van der Waals surface area contributed by atoms with Gasteiger partial charge in [0, 0.05) is 23.6 Å². The molecule has 1 aromatic rings. The van der Waals surface area contributed by atoms with E-state index in [1.165, 1.54) is 18.3 Å². The van der Waals surface area contributed by atoms with Crippen LogP contribution in [0.25, 0.3) is 0 Å². The number of carboxylic acids is 1. The number of hydrogen-bond acceptors (Lipinski definition) is 3. The number of thioether (sulfide) groups is 1. The summed E-state index contributed by atoms with van der Waals surface area (Å²) in [4.78, 5) is 22.7. The highest BCUT2D eigenvalue weighted by Crippen LogP contribution is 2.32. The van der Waals surface area contributed by atoms with Gasteiger partial charge in [0.1, 0.15) is 0 Å². The van der Waals surface area contributed by atoms with Crippen LogP contribution in [0.2, 0.25) is 0 Å². The van der Waals surface area contributed by atoms with Crippen LogP contribution in [0, 0.1) is 0 Å². The fraction of sp³-hybridized carbons (Fsp3) is 0.538. The Hall–Kier alpha value is -1.23. The van der Waals surface area contributed by atoms with E-state index < -0.39 is 5.97 Å². The Bertz CT molecular complexity index is 489. The molecule has 2 rings (SSSR count). The normalized spacial score (nSPS) is 23.8. The molecule has 0 aliphatic heterocycles. The lowest BCUT2D eigenvalue weighted by molar-refractivity contribution is 0.0695. The Balaban J connectivity index is 2.20. The van der Waals surface area contributed by atoms with Crippen LogP contribution in [0.4, 0.5) is 0 Å². The van der Waals surface area contributed by atoms with Gasteiger partial charge in [0.25, 0.3) is 5.56 Å². The molecule has 98 valence electrons. The van der Waals surface area contributed by atoms with E-state index in [4.69, 9.17) is 5.11 Å². The van der Waals surface area contributed by atoms with Gasteiger partial charge in [-0.1, -0.05) is 0 Å². The minimum absolute atomic E-state index is 0.104. The first-order chi connectivity index (χ1) is 8.61. The molecule has 1 aliphatic rings. The van der Waals surface area contributed by atoms with Crippen LogP contribution < -0.4 is 5.56 Å². The number of aromatic nitrogens is 1. The summed E-state index contributed by atoms with van der Waals surface area (Å²) >= 11 is 1.87. The largest absolute Gasteiger partial charge is 0.478 e. The number of aromatic carboxylic acids is 1. The number of rotatable bonds is 3. The predicted molar refractivity (Wildman–Crippen MR) is 72.5 cm³/mol. The lowest BCUT2D eigenvalue weighted by Gasteiger charge is -2.28. The van der Waals surface area contributed by atoms with Crippen LogP contribution in [0.3, 0.4) is 0 Å². The quantitative estimate of drug-likeness (QED) is 0.913. The second-order valence-corrected chi connectivity index (χ2v) is 5.77. The third-order valence-electron chi connectivity index (χ3n) is 3.56. The highest BCUT2D eigenvalue weighted by Gasteiger charge is 2.22. The lowest BCUT2D eigenvalue weighted by atomic mass is 9.94. The van der Waals surface area contributed by atoms with Crippen molar-refractivity contribution in [1.29, 1.82) is 0 Å². The van der Waals surface area contributed by atoms with Crippen molar-refractivity contribution < 1.29 is 9.90 Å². The minimum Gasteiger partial charge on any atom is -0.478 e. The fourth-order valence-corrected chi connectivity index (χ4v) is 3.22. The summed E-state index contributed by atoms with van der Waals surface area (Å²) in [6, 6.07) is 2.87. The van der Waals surface area contributed by atoms with Gasteiger partial charge in [-0.05, 0) is 38.0 Å². The van der Waals surface area contributed by atoms with Crippen molar-refractivity contribution in [3.8, 4) is 0 Å². The number of carboxylic acid groups (broad SMARTS) is 1. The zero-order valence-electron chi connectivity index (χ0n) is 10.3. The first kappa shape index (κ1) is 13.2. The average Bonchev–Trinajstić information content (AvgIpc) is 2.39. The van der Waals surface area contributed by atoms with Crippen LogP contribution in [0.15, 0.2) is 23.1 Å². The first-order valence-corrected chi connectivity index (χ1v) is 7.39. The molecule has 0 bridgehead atoms. The molecule has 1 saturated carbocycles. The molecule has 1 heterocycles. The third-order valence-corrected chi connectivity index (χ3v) is 4.69. The molecule has 5 heteroatoms. The second-order valence-electron chi connectivity index (χ2n) is 4.63. The molecule has 0 unspecified atom stereocenters. The van der Waals surface area contributed by atoms with Gasteiger partial charge in [0.15, 0.2) is 0 Å². The van der Waals surface area contributed by atoms with E-state index in [0.29, 0.717) is 5.25 Å². The van der Waals surface area contributed by atoms with Crippen molar-refractivity contribution in [2.45, 2.75) is 37.0 Å². The molecule has 0 amide bonds. The van der Waals surface area contributed by atoms with Gasteiger partial charge in [-0.3, -0.25) is 4.79 Å². The molecular weight excluding hydrogens is 250 g/mol. The molecule has 0 saturated heterocycles. The van der Waals surface area contributed by atoms with Gasteiger partial charge in [-0.2, -0.15) is 11.8 Å².